The van der Waals surface area contributed by atoms with E-state index in [1.165, 1.54) is 17.0 Å². The Morgan fingerprint density at radius 3 is 2.52 bits per heavy atom. The van der Waals surface area contributed by atoms with E-state index < -0.39 is 10.9 Å². The number of fused-ring (bicyclic) bond motifs is 1. The molecule has 0 amide bonds. The molecular weight excluding hydrogens is 440 g/mol. The Labute approximate surface area is 175 Å². The molecule has 3 heterocycles. The van der Waals surface area contributed by atoms with E-state index in [0.29, 0.717) is 19.4 Å². The molecule has 1 N–H and O–H groups in total. The topological polar surface area (TPSA) is 105 Å². The Morgan fingerprint density at radius 1 is 1.21 bits per heavy atom. The standard InChI is InChI=1S/C20H19BrN4O4/c21-15-3-6-18-22-19(13-1-4-16(5-2-13)25(28)29)17(24(18)11-15)12-23-9-7-14(8-10-23)20(26)27/h1-6,11,14H,7-10,12H2,(H,26,27). The highest BCUT2D eigenvalue weighted by Gasteiger charge is 2.26. The summed E-state index contributed by atoms with van der Waals surface area (Å²) in [4.78, 5) is 27.7. The first-order chi connectivity index (χ1) is 13.9. The van der Waals surface area contributed by atoms with Gasteiger partial charge in [0.05, 0.1) is 23.7 Å². The van der Waals surface area contributed by atoms with E-state index in [-0.39, 0.29) is 11.6 Å². The van der Waals surface area contributed by atoms with Crippen LogP contribution >= 0.6 is 15.9 Å². The van der Waals surface area contributed by atoms with Gasteiger partial charge in [0.2, 0.25) is 0 Å². The number of carboxylic acid groups (broad SMARTS) is 1. The van der Waals surface area contributed by atoms with Crippen LogP contribution in [0.5, 0.6) is 0 Å². The summed E-state index contributed by atoms with van der Waals surface area (Å²) in [6, 6.07) is 10.2. The third-order valence-corrected chi connectivity index (χ3v) is 5.95. The lowest BCUT2D eigenvalue weighted by Crippen LogP contribution is -3.12. The van der Waals surface area contributed by atoms with Gasteiger partial charge in [-0.25, -0.2) is 4.98 Å². The average Bonchev–Trinajstić information content (AvgIpc) is 3.06. The molecule has 1 fully saturated rings. The van der Waals surface area contributed by atoms with Gasteiger partial charge in [0.15, 0.2) is 0 Å². The minimum Gasteiger partial charge on any atom is -0.550 e. The smallest absolute Gasteiger partial charge is 0.269 e. The van der Waals surface area contributed by atoms with Gasteiger partial charge in [0, 0.05) is 53.1 Å². The molecular formula is C20H19BrN4O4. The fourth-order valence-corrected chi connectivity index (χ4v) is 4.22. The molecule has 0 bridgehead atoms. The number of aliphatic carboxylic acids is 1. The van der Waals surface area contributed by atoms with Crippen molar-refractivity contribution in [3.05, 3.63) is 62.9 Å². The summed E-state index contributed by atoms with van der Waals surface area (Å²) >= 11 is 3.50. The average molecular weight is 459 g/mol. The van der Waals surface area contributed by atoms with Gasteiger partial charge in [-0.15, -0.1) is 0 Å². The lowest BCUT2D eigenvalue weighted by molar-refractivity contribution is -0.919. The molecule has 1 aromatic carbocycles. The van der Waals surface area contributed by atoms with E-state index in [2.05, 4.69) is 15.9 Å². The van der Waals surface area contributed by atoms with Gasteiger partial charge in [0.1, 0.15) is 17.9 Å². The van der Waals surface area contributed by atoms with Crippen LogP contribution in [0.1, 0.15) is 18.5 Å². The Balaban J connectivity index is 1.69. The second-order valence-corrected chi connectivity index (χ2v) is 8.22. The fourth-order valence-electron chi connectivity index (χ4n) is 3.88. The van der Waals surface area contributed by atoms with Crippen molar-refractivity contribution in [2.75, 3.05) is 13.1 Å². The Hall–Kier alpha value is -2.78. The van der Waals surface area contributed by atoms with Crippen LogP contribution in [0.3, 0.4) is 0 Å². The van der Waals surface area contributed by atoms with Crippen molar-refractivity contribution in [3.63, 3.8) is 0 Å². The zero-order valence-corrected chi connectivity index (χ0v) is 17.1. The molecule has 0 radical (unpaired) electrons. The van der Waals surface area contributed by atoms with Crippen LogP contribution in [0.25, 0.3) is 16.9 Å². The number of carbonyl (C=O) groups is 1. The number of nitro benzene ring substituents is 1. The first-order valence-corrected chi connectivity index (χ1v) is 10.2. The second-order valence-electron chi connectivity index (χ2n) is 7.31. The number of likely N-dealkylation sites (tertiary alicyclic amines) is 1. The van der Waals surface area contributed by atoms with E-state index >= 15 is 0 Å². The lowest BCUT2D eigenvalue weighted by Gasteiger charge is -2.29. The molecule has 8 nitrogen and oxygen atoms in total. The maximum atomic E-state index is 11.1. The zero-order chi connectivity index (χ0) is 20.5. The summed E-state index contributed by atoms with van der Waals surface area (Å²) in [6.45, 7) is 2.18. The number of nitro groups is 1. The Kier molecular flexibility index (Phi) is 5.33. The molecule has 2 aromatic heterocycles. The number of pyridine rings is 1. The number of piperidine rings is 1. The molecule has 150 valence electrons. The molecule has 29 heavy (non-hydrogen) atoms. The van der Waals surface area contributed by atoms with Crippen molar-refractivity contribution in [2.45, 2.75) is 19.4 Å². The number of rotatable bonds is 5. The number of imidazole rings is 1. The summed E-state index contributed by atoms with van der Waals surface area (Å²) in [5.41, 5.74) is 3.43. The normalized spacial score (nSPS) is 19.3. The van der Waals surface area contributed by atoms with Crippen LogP contribution in [0.4, 0.5) is 5.69 Å². The van der Waals surface area contributed by atoms with Gasteiger partial charge < -0.3 is 14.8 Å². The summed E-state index contributed by atoms with van der Waals surface area (Å²) < 4.78 is 2.95. The number of nitrogens with one attached hydrogen (secondary N) is 1. The van der Waals surface area contributed by atoms with Gasteiger partial charge in [-0.3, -0.25) is 14.5 Å². The van der Waals surface area contributed by atoms with Crippen LogP contribution in [0.2, 0.25) is 0 Å². The molecule has 3 aromatic rings. The minimum absolute atomic E-state index is 0.0387. The molecule has 1 aliphatic heterocycles. The number of carboxylic acids is 1. The van der Waals surface area contributed by atoms with Crippen molar-refractivity contribution in [3.8, 4) is 11.3 Å². The highest BCUT2D eigenvalue weighted by atomic mass is 79.9. The maximum absolute atomic E-state index is 11.1. The predicted octanol–water partition coefficient (Wildman–Crippen LogP) is 1.22. The summed E-state index contributed by atoms with van der Waals surface area (Å²) in [5.74, 6) is -1.33. The molecule has 0 atom stereocenters. The highest BCUT2D eigenvalue weighted by Crippen LogP contribution is 2.27. The van der Waals surface area contributed by atoms with Crippen LogP contribution in [-0.2, 0) is 11.3 Å². The van der Waals surface area contributed by atoms with Crippen molar-refractivity contribution in [2.24, 2.45) is 5.92 Å². The van der Waals surface area contributed by atoms with Crippen molar-refractivity contribution in [1.82, 2.24) is 9.38 Å². The SMILES string of the molecule is O=C([O-])C1CC[NH+](Cc2c(-c3ccc([N+](=O)[O-])cc3)nc3ccc(Br)cn23)CC1. The zero-order valence-electron chi connectivity index (χ0n) is 15.5. The third-order valence-electron chi connectivity index (χ3n) is 5.48. The van der Waals surface area contributed by atoms with Crippen molar-refractivity contribution < 1.29 is 19.7 Å². The quantitative estimate of drug-likeness (QED) is 0.457. The number of quaternary nitrogens is 1. The van der Waals surface area contributed by atoms with Crippen LogP contribution in [0, 0.1) is 16.0 Å². The van der Waals surface area contributed by atoms with Gasteiger partial charge in [-0.2, -0.15) is 0 Å². The molecule has 4 rings (SSSR count). The number of aromatic nitrogens is 2. The van der Waals surface area contributed by atoms with Crippen molar-refractivity contribution >= 4 is 33.2 Å². The number of carbonyl (C=O) groups excluding carboxylic acids is 1. The largest absolute Gasteiger partial charge is 0.550 e. The van der Waals surface area contributed by atoms with E-state index in [4.69, 9.17) is 4.98 Å². The fraction of sp³-hybridized carbons (Fsp3) is 0.300. The summed E-state index contributed by atoms with van der Waals surface area (Å²) in [7, 11) is 0. The first kappa shape index (κ1) is 19.5. The van der Waals surface area contributed by atoms with Crippen LogP contribution in [-0.4, -0.2) is 33.4 Å². The van der Waals surface area contributed by atoms with Gasteiger partial charge in [-0.05, 0) is 40.2 Å². The summed E-state index contributed by atoms with van der Waals surface area (Å²) in [5, 5.41) is 22.1. The molecule has 1 saturated heterocycles. The van der Waals surface area contributed by atoms with Gasteiger partial charge in [-0.1, -0.05) is 0 Å². The first-order valence-electron chi connectivity index (χ1n) is 9.38. The maximum Gasteiger partial charge on any atom is 0.269 e. The number of non-ortho nitro benzene ring substituents is 1. The molecule has 0 spiro atoms. The monoisotopic (exact) mass is 458 g/mol. The molecule has 0 aliphatic carbocycles. The van der Waals surface area contributed by atoms with E-state index in [1.807, 2.05) is 22.7 Å². The molecule has 1 aliphatic rings. The van der Waals surface area contributed by atoms with Gasteiger partial charge >= 0.3 is 0 Å². The third kappa shape index (κ3) is 4.01. The molecule has 0 saturated carbocycles. The molecule has 0 unspecified atom stereocenters. The minimum atomic E-state index is -0.964. The number of hydrogen-bond acceptors (Lipinski definition) is 5. The van der Waals surface area contributed by atoms with Crippen LogP contribution < -0.4 is 10.0 Å². The van der Waals surface area contributed by atoms with Gasteiger partial charge in [0.25, 0.3) is 5.69 Å². The second kappa shape index (κ2) is 7.92. The lowest BCUT2D eigenvalue weighted by atomic mass is 9.97. The number of nitrogens with zero attached hydrogens (tertiary/aromatic N) is 3. The number of halogens is 1. The Morgan fingerprint density at radius 2 is 1.90 bits per heavy atom. The predicted molar refractivity (Wildman–Crippen MR) is 107 cm³/mol. The summed E-state index contributed by atoms with van der Waals surface area (Å²) in [6.07, 6.45) is 3.16. The number of benzene rings is 1. The Bertz CT molecular complexity index is 1070. The van der Waals surface area contributed by atoms with E-state index in [9.17, 15) is 20.0 Å². The molecule has 9 heteroatoms. The highest BCUT2D eigenvalue weighted by molar-refractivity contribution is 9.10. The van der Waals surface area contributed by atoms with Crippen LogP contribution in [0.15, 0.2) is 47.1 Å². The number of hydrogen-bond donors (Lipinski definition) is 1. The van der Waals surface area contributed by atoms with E-state index in [0.717, 1.165) is 40.2 Å². The van der Waals surface area contributed by atoms with Crippen molar-refractivity contribution in [1.29, 1.82) is 0 Å². The van der Waals surface area contributed by atoms with E-state index in [1.54, 1.807) is 12.1 Å².